The molecule has 2 fully saturated rings. The van der Waals surface area contributed by atoms with E-state index >= 15 is 0 Å². The Kier molecular flexibility index (Phi) is 4.14. The summed E-state index contributed by atoms with van der Waals surface area (Å²) in [4.78, 5) is 2.65. The van der Waals surface area contributed by atoms with Crippen molar-refractivity contribution in [2.45, 2.75) is 25.8 Å². The highest BCUT2D eigenvalue weighted by Gasteiger charge is 2.33. The van der Waals surface area contributed by atoms with E-state index in [2.05, 4.69) is 28.9 Å². The second-order valence-corrected chi connectivity index (χ2v) is 5.81. The molecule has 0 aromatic heterocycles. The minimum Gasteiger partial charge on any atom is -0.312 e. The van der Waals surface area contributed by atoms with E-state index in [1.807, 2.05) is 0 Å². The van der Waals surface area contributed by atoms with Crippen LogP contribution in [0.25, 0.3) is 0 Å². The summed E-state index contributed by atoms with van der Waals surface area (Å²) in [5, 5.41) is 3.65. The van der Waals surface area contributed by atoms with Crippen molar-refractivity contribution < 1.29 is 0 Å². The Morgan fingerprint density at radius 1 is 1.43 bits per heavy atom. The molecule has 0 aromatic rings. The number of fused-ring (bicyclic) bond motifs is 1. The fourth-order valence-electron chi connectivity index (χ4n) is 2.66. The zero-order chi connectivity index (χ0) is 9.80. The maximum Gasteiger partial charge on any atom is 0.0235 e. The van der Waals surface area contributed by atoms with Gasteiger partial charge in [-0.05, 0) is 31.1 Å². The third-order valence-electron chi connectivity index (χ3n) is 3.43. The highest BCUT2D eigenvalue weighted by atomic mass is 32.2. The molecule has 2 saturated heterocycles. The normalized spacial score (nSPS) is 33.2. The van der Waals surface area contributed by atoms with Crippen molar-refractivity contribution in [2.24, 2.45) is 5.92 Å². The van der Waals surface area contributed by atoms with Gasteiger partial charge in [-0.3, -0.25) is 0 Å². The monoisotopic (exact) mass is 214 g/mol. The van der Waals surface area contributed by atoms with Crippen LogP contribution in [-0.4, -0.2) is 48.6 Å². The van der Waals surface area contributed by atoms with Gasteiger partial charge < -0.3 is 10.2 Å². The maximum atomic E-state index is 3.65. The molecule has 14 heavy (non-hydrogen) atoms. The number of rotatable bonds is 4. The first kappa shape index (κ1) is 10.8. The predicted octanol–water partition coefficient (Wildman–Crippen LogP) is 1.42. The standard InChI is InChI=1S/C11H22N2S/c1-2-14-7-6-13-8-10-4-3-5-12-11(10)9-13/h10-12H,2-9H2,1H3. The minimum atomic E-state index is 0.815. The van der Waals surface area contributed by atoms with Crippen molar-refractivity contribution in [1.82, 2.24) is 10.2 Å². The van der Waals surface area contributed by atoms with Crippen molar-refractivity contribution in [2.75, 3.05) is 37.7 Å². The van der Waals surface area contributed by atoms with Gasteiger partial charge in [0.2, 0.25) is 0 Å². The highest BCUT2D eigenvalue weighted by molar-refractivity contribution is 7.99. The van der Waals surface area contributed by atoms with Gasteiger partial charge in [-0.15, -0.1) is 0 Å². The first-order valence-corrected chi connectivity index (χ1v) is 7.09. The van der Waals surface area contributed by atoms with Gasteiger partial charge in [-0.2, -0.15) is 11.8 Å². The Balaban J connectivity index is 1.70. The summed E-state index contributed by atoms with van der Waals surface area (Å²) in [7, 11) is 0. The molecule has 0 radical (unpaired) electrons. The summed E-state index contributed by atoms with van der Waals surface area (Å²) in [6.45, 7) is 7.44. The van der Waals surface area contributed by atoms with Crippen molar-refractivity contribution >= 4 is 11.8 Å². The first-order chi connectivity index (χ1) is 6.90. The summed E-state index contributed by atoms with van der Waals surface area (Å²) >= 11 is 2.07. The van der Waals surface area contributed by atoms with Crippen LogP contribution in [0.4, 0.5) is 0 Å². The molecular formula is C11H22N2S. The Morgan fingerprint density at radius 3 is 3.14 bits per heavy atom. The second kappa shape index (κ2) is 5.38. The van der Waals surface area contributed by atoms with Crippen LogP contribution in [-0.2, 0) is 0 Å². The number of piperidine rings is 1. The molecule has 0 spiro atoms. The molecule has 2 unspecified atom stereocenters. The maximum absolute atomic E-state index is 3.65. The zero-order valence-corrected chi connectivity index (χ0v) is 9.98. The molecule has 2 aliphatic heterocycles. The van der Waals surface area contributed by atoms with E-state index in [1.165, 1.54) is 50.5 Å². The molecule has 0 aromatic carbocycles. The lowest BCUT2D eigenvalue weighted by molar-refractivity contribution is 0.332. The fraction of sp³-hybridized carbons (Fsp3) is 1.00. The smallest absolute Gasteiger partial charge is 0.0235 e. The molecule has 0 amide bonds. The topological polar surface area (TPSA) is 15.3 Å². The SMILES string of the molecule is CCSCCN1CC2CCCNC2C1. The summed E-state index contributed by atoms with van der Waals surface area (Å²) < 4.78 is 0. The molecule has 2 heterocycles. The van der Waals surface area contributed by atoms with Crippen molar-refractivity contribution in [3.8, 4) is 0 Å². The van der Waals surface area contributed by atoms with Crippen LogP contribution in [0, 0.1) is 5.92 Å². The predicted molar refractivity (Wildman–Crippen MR) is 64.0 cm³/mol. The van der Waals surface area contributed by atoms with E-state index < -0.39 is 0 Å². The van der Waals surface area contributed by atoms with Crippen LogP contribution in [0.5, 0.6) is 0 Å². The summed E-state index contributed by atoms with van der Waals surface area (Å²) in [6, 6.07) is 0.815. The highest BCUT2D eigenvalue weighted by Crippen LogP contribution is 2.24. The first-order valence-electron chi connectivity index (χ1n) is 5.93. The molecule has 2 atom stereocenters. The number of thioether (sulfide) groups is 1. The molecule has 0 aliphatic carbocycles. The fourth-order valence-corrected chi connectivity index (χ4v) is 3.33. The Hall–Kier alpha value is 0.270. The Labute approximate surface area is 91.8 Å². The zero-order valence-electron chi connectivity index (χ0n) is 9.17. The second-order valence-electron chi connectivity index (χ2n) is 4.42. The Bertz CT molecular complexity index is 161. The van der Waals surface area contributed by atoms with Gasteiger partial charge in [0.15, 0.2) is 0 Å². The number of hydrogen-bond acceptors (Lipinski definition) is 3. The van der Waals surface area contributed by atoms with Crippen LogP contribution >= 0.6 is 11.8 Å². The average molecular weight is 214 g/mol. The average Bonchev–Trinajstić information content (AvgIpc) is 2.60. The lowest BCUT2D eigenvalue weighted by Crippen LogP contribution is -2.40. The Morgan fingerprint density at radius 2 is 2.36 bits per heavy atom. The molecule has 3 heteroatoms. The molecule has 82 valence electrons. The number of nitrogens with zero attached hydrogens (tertiary/aromatic N) is 1. The van der Waals surface area contributed by atoms with Crippen molar-refractivity contribution in [1.29, 1.82) is 0 Å². The van der Waals surface area contributed by atoms with E-state index in [0.717, 1.165) is 12.0 Å². The lowest BCUT2D eigenvalue weighted by Gasteiger charge is -2.24. The number of hydrogen-bond donors (Lipinski definition) is 1. The van der Waals surface area contributed by atoms with E-state index in [4.69, 9.17) is 0 Å². The van der Waals surface area contributed by atoms with Crippen LogP contribution < -0.4 is 5.32 Å². The summed E-state index contributed by atoms with van der Waals surface area (Å²) in [5.74, 6) is 3.53. The molecule has 2 aliphatic rings. The van der Waals surface area contributed by atoms with E-state index in [0.29, 0.717) is 0 Å². The van der Waals surface area contributed by atoms with Crippen LogP contribution in [0.1, 0.15) is 19.8 Å². The van der Waals surface area contributed by atoms with Crippen molar-refractivity contribution in [3.63, 3.8) is 0 Å². The molecular weight excluding hydrogens is 192 g/mol. The van der Waals surface area contributed by atoms with Gasteiger partial charge in [0.25, 0.3) is 0 Å². The van der Waals surface area contributed by atoms with Gasteiger partial charge in [0.1, 0.15) is 0 Å². The third-order valence-corrected chi connectivity index (χ3v) is 4.31. The third kappa shape index (κ3) is 2.65. The van der Waals surface area contributed by atoms with Gasteiger partial charge >= 0.3 is 0 Å². The number of likely N-dealkylation sites (tertiary alicyclic amines) is 1. The summed E-state index contributed by atoms with van der Waals surface area (Å²) in [5.41, 5.74) is 0. The van der Waals surface area contributed by atoms with Gasteiger partial charge in [-0.25, -0.2) is 0 Å². The lowest BCUT2D eigenvalue weighted by atomic mass is 9.94. The van der Waals surface area contributed by atoms with E-state index in [-0.39, 0.29) is 0 Å². The van der Waals surface area contributed by atoms with Gasteiger partial charge in [0, 0.05) is 31.4 Å². The molecule has 0 saturated carbocycles. The quantitative estimate of drug-likeness (QED) is 0.713. The van der Waals surface area contributed by atoms with Gasteiger partial charge in [-0.1, -0.05) is 6.92 Å². The molecule has 0 bridgehead atoms. The molecule has 2 rings (SSSR count). The van der Waals surface area contributed by atoms with E-state index in [1.54, 1.807) is 0 Å². The molecule has 1 N–H and O–H groups in total. The van der Waals surface area contributed by atoms with Crippen molar-refractivity contribution in [3.05, 3.63) is 0 Å². The summed E-state index contributed by atoms with van der Waals surface area (Å²) in [6.07, 6.45) is 2.84. The minimum absolute atomic E-state index is 0.815. The molecule has 2 nitrogen and oxygen atoms in total. The van der Waals surface area contributed by atoms with Crippen LogP contribution in [0.3, 0.4) is 0 Å². The number of nitrogens with one attached hydrogen (secondary N) is 1. The van der Waals surface area contributed by atoms with E-state index in [9.17, 15) is 0 Å². The van der Waals surface area contributed by atoms with Crippen LogP contribution in [0.2, 0.25) is 0 Å². The largest absolute Gasteiger partial charge is 0.312 e. The van der Waals surface area contributed by atoms with Gasteiger partial charge in [0.05, 0.1) is 0 Å². The van der Waals surface area contributed by atoms with Crippen LogP contribution in [0.15, 0.2) is 0 Å².